The second-order valence-corrected chi connectivity index (χ2v) is 4.87. The largest absolute Gasteiger partial charge is 0.352 e. The van der Waals surface area contributed by atoms with Crippen LogP contribution < -0.4 is 16.6 Å². The predicted molar refractivity (Wildman–Crippen MR) is 77.1 cm³/mol. The summed E-state index contributed by atoms with van der Waals surface area (Å²) in [7, 11) is 4.85. The average molecular weight is 289 g/mol. The number of aromatic nitrogens is 6. The molecule has 21 heavy (non-hydrogen) atoms. The minimum absolute atomic E-state index is 0.299. The molecule has 0 fully saturated rings. The van der Waals surface area contributed by atoms with Crippen molar-refractivity contribution >= 4 is 17.1 Å². The fourth-order valence-corrected chi connectivity index (χ4v) is 2.16. The molecule has 0 radical (unpaired) electrons. The molecule has 3 rings (SSSR count). The van der Waals surface area contributed by atoms with Gasteiger partial charge >= 0.3 is 5.69 Å². The lowest BCUT2D eigenvalue weighted by molar-refractivity contribution is 0.709. The van der Waals surface area contributed by atoms with Gasteiger partial charge in [0.05, 0.1) is 6.20 Å². The van der Waals surface area contributed by atoms with E-state index in [1.54, 1.807) is 17.9 Å². The average Bonchev–Trinajstić information content (AvgIpc) is 3.07. The van der Waals surface area contributed by atoms with Gasteiger partial charge in [0, 0.05) is 39.4 Å². The topological polar surface area (TPSA) is 103 Å². The molecular formula is C12H15N7O2. The number of hydrogen-bond acceptors (Lipinski definition) is 5. The van der Waals surface area contributed by atoms with Crippen molar-refractivity contribution in [3.8, 4) is 0 Å². The van der Waals surface area contributed by atoms with E-state index in [4.69, 9.17) is 0 Å². The van der Waals surface area contributed by atoms with Gasteiger partial charge in [0.2, 0.25) is 5.95 Å². The van der Waals surface area contributed by atoms with Crippen LogP contribution in [0.3, 0.4) is 0 Å². The van der Waals surface area contributed by atoms with E-state index >= 15 is 0 Å². The second kappa shape index (κ2) is 4.62. The SMILES string of the molecule is Cn1cc(CNc2nc3c([nH]2)c(=O)n(C)c(=O)n3C)cn1. The van der Waals surface area contributed by atoms with E-state index in [0.717, 1.165) is 10.1 Å². The van der Waals surface area contributed by atoms with Crippen molar-refractivity contribution in [3.63, 3.8) is 0 Å². The molecule has 0 aliphatic carbocycles. The zero-order valence-corrected chi connectivity index (χ0v) is 11.9. The molecule has 0 atom stereocenters. The van der Waals surface area contributed by atoms with Crippen molar-refractivity contribution in [2.75, 3.05) is 5.32 Å². The van der Waals surface area contributed by atoms with Gasteiger partial charge in [-0.2, -0.15) is 10.1 Å². The number of anilines is 1. The third kappa shape index (κ3) is 2.12. The van der Waals surface area contributed by atoms with Crippen LogP contribution in [0, 0.1) is 0 Å². The Kier molecular flexibility index (Phi) is 2.89. The number of imidazole rings is 1. The van der Waals surface area contributed by atoms with Crippen LogP contribution >= 0.6 is 0 Å². The first-order chi connectivity index (χ1) is 9.97. The Bertz CT molecular complexity index is 927. The lowest BCUT2D eigenvalue weighted by Crippen LogP contribution is -2.36. The van der Waals surface area contributed by atoms with Crippen LogP contribution in [0.15, 0.2) is 22.0 Å². The van der Waals surface area contributed by atoms with Gasteiger partial charge in [-0.15, -0.1) is 0 Å². The molecule has 3 aromatic heterocycles. The summed E-state index contributed by atoms with van der Waals surface area (Å²) >= 11 is 0. The highest BCUT2D eigenvalue weighted by atomic mass is 16.2. The molecule has 110 valence electrons. The van der Waals surface area contributed by atoms with E-state index in [9.17, 15) is 9.59 Å². The highest BCUT2D eigenvalue weighted by Crippen LogP contribution is 2.09. The molecule has 9 nitrogen and oxygen atoms in total. The first kappa shape index (κ1) is 13.2. The van der Waals surface area contributed by atoms with Gasteiger partial charge in [0.25, 0.3) is 5.56 Å². The standard InChI is InChI=1S/C12H15N7O2/c1-17-6-7(5-14-17)4-13-11-15-8-9(16-11)18(2)12(21)19(3)10(8)20/h5-6H,4H2,1-3H3,(H2,13,15,16). The first-order valence-corrected chi connectivity index (χ1v) is 6.34. The van der Waals surface area contributed by atoms with E-state index in [1.165, 1.54) is 11.6 Å². The van der Waals surface area contributed by atoms with Crippen LogP contribution in [0.1, 0.15) is 5.56 Å². The summed E-state index contributed by atoms with van der Waals surface area (Å²) in [4.78, 5) is 31.0. The van der Waals surface area contributed by atoms with Gasteiger partial charge in [-0.3, -0.25) is 18.6 Å². The lowest BCUT2D eigenvalue weighted by atomic mass is 10.4. The number of H-pyrrole nitrogens is 1. The van der Waals surface area contributed by atoms with Crippen molar-refractivity contribution in [1.29, 1.82) is 0 Å². The number of hydrogen-bond donors (Lipinski definition) is 2. The summed E-state index contributed by atoms with van der Waals surface area (Å²) in [5.41, 5.74) is 0.817. The molecule has 0 spiro atoms. The molecule has 0 aromatic carbocycles. The van der Waals surface area contributed by atoms with Crippen molar-refractivity contribution in [1.82, 2.24) is 28.9 Å². The van der Waals surface area contributed by atoms with Crippen LogP contribution in [0.5, 0.6) is 0 Å². The number of nitrogens with zero attached hydrogens (tertiary/aromatic N) is 5. The van der Waals surface area contributed by atoms with Gasteiger partial charge in [0.15, 0.2) is 11.2 Å². The van der Waals surface area contributed by atoms with E-state index < -0.39 is 11.2 Å². The molecule has 0 aliphatic rings. The van der Waals surface area contributed by atoms with E-state index in [2.05, 4.69) is 20.4 Å². The van der Waals surface area contributed by atoms with Gasteiger partial charge in [-0.25, -0.2) is 4.79 Å². The molecule has 3 aromatic rings. The number of rotatable bonds is 3. The number of aryl methyl sites for hydroxylation is 2. The van der Waals surface area contributed by atoms with Gasteiger partial charge in [-0.05, 0) is 0 Å². The third-order valence-corrected chi connectivity index (χ3v) is 3.31. The smallest absolute Gasteiger partial charge is 0.332 e. The fourth-order valence-electron chi connectivity index (χ4n) is 2.16. The summed E-state index contributed by atoms with van der Waals surface area (Å²) in [6.07, 6.45) is 3.62. The number of fused-ring (bicyclic) bond motifs is 1. The molecule has 0 aliphatic heterocycles. The highest BCUT2D eigenvalue weighted by Gasteiger charge is 2.13. The first-order valence-electron chi connectivity index (χ1n) is 6.34. The Hall–Kier alpha value is -2.84. The van der Waals surface area contributed by atoms with Crippen LogP contribution in [0.2, 0.25) is 0 Å². The maximum Gasteiger partial charge on any atom is 0.332 e. The summed E-state index contributed by atoms with van der Waals surface area (Å²) < 4.78 is 4.09. The van der Waals surface area contributed by atoms with Gasteiger partial charge in [0.1, 0.15) is 0 Å². The molecule has 3 heterocycles. The Balaban J connectivity index is 1.98. The van der Waals surface area contributed by atoms with Crippen LogP contribution in [-0.4, -0.2) is 28.9 Å². The zero-order valence-electron chi connectivity index (χ0n) is 11.9. The van der Waals surface area contributed by atoms with Gasteiger partial charge < -0.3 is 10.3 Å². The molecule has 0 amide bonds. The maximum absolute atomic E-state index is 12.0. The quantitative estimate of drug-likeness (QED) is 0.664. The van der Waals surface area contributed by atoms with Crippen molar-refractivity contribution in [2.45, 2.75) is 6.54 Å². The summed E-state index contributed by atoms with van der Waals surface area (Å²) in [6, 6.07) is 0. The van der Waals surface area contributed by atoms with Crippen LogP contribution in [-0.2, 0) is 27.7 Å². The monoisotopic (exact) mass is 289 g/mol. The Labute approximate surface area is 118 Å². The molecule has 0 unspecified atom stereocenters. The molecule has 0 bridgehead atoms. The minimum atomic E-state index is -0.405. The Morgan fingerprint density at radius 3 is 2.67 bits per heavy atom. The van der Waals surface area contributed by atoms with E-state index in [-0.39, 0.29) is 0 Å². The van der Waals surface area contributed by atoms with Crippen LogP contribution in [0.4, 0.5) is 5.95 Å². The minimum Gasteiger partial charge on any atom is -0.352 e. The summed E-state index contributed by atoms with van der Waals surface area (Å²) in [5, 5.41) is 7.14. The number of nitrogens with one attached hydrogen (secondary N) is 2. The van der Waals surface area contributed by atoms with E-state index in [0.29, 0.717) is 23.7 Å². The molecule has 9 heteroatoms. The Morgan fingerprint density at radius 2 is 2.00 bits per heavy atom. The molecule has 0 saturated carbocycles. The zero-order chi connectivity index (χ0) is 15.1. The van der Waals surface area contributed by atoms with E-state index in [1.807, 2.05) is 13.2 Å². The predicted octanol–water partition coefficient (Wildman–Crippen LogP) is -0.694. The van der Waals surface area contributed by atoms with Gasteiger partial charge in [-0.1, -0.05) is 0 Å². The van der Waals surface area contributed by atoms with Crippen molar-refractivity contribution in [3.05, 3.63) is 38.8 Å². The molecule has 0 saturated heterocycles. The second-order valence-electron chi connectivity index (χ2n) is 4.87. The summed E-state index contributed by atoms with van der Waals surface area (Å²) in [6.45, 7) is 0.516. The third-order valence-electron chi connectivity index (χ3n) is 3.31. The summed E-state index contributed by atoms with van der Waals surface area (Å²) in [5.74, 6) is 0.437. The van der Waals surface area contributed by atoms with Crippen molar-refractivity contribution in [2.24, 2.45) is 21.1 Å². The molecule has 2 N–H and O–H groups in total. The van der Waals surface area contributed by atoms with Crippen LogP contribution in [0.25, 0.3) is 11.2 Å². The Morgan fingerprint density at radius 1 is 1.24 bits per heavy atom. The highest BCUT2D eigenvalue weighted by molar-refractivity contribution is 5.72. The number of aromatic amines is 1. The normalized spacial score (nSPS) is 11.2. The molecular weight excluding hydrogens is 274 g/mol. The van der Waals surface area contributed by atoms with Crippen molar-refractivity contribution < 1.29 is 0 Å². The lowest BCUT2D eigenvalue weighted by Gasteiger charge is -2.00. The fraction of sp³-hybridized carbons (Fsp3) is 0.333. The maximum atomic E-state index is 12.0.